The predicted octanol–water partition coefficient (Wildman–Crippen LogP) is 3.27. The highest BCUT2D eigenvalue weighted by Gasteiger charge is 2.00. The van der Waals surface area contributed by atoms with Crippen molar-refractivity contribution in [2.75, 3.05) is 0 Å². The normalized spacial score (nSPS) is 12.4. The Kier molecular flexibility index (Phi) is 5.05. The maximum absolute atomic E-state index is 12.6. The maximum atomic E-state index is 12.6. The van der Waals surface area contributed by atoms with Crippen molar-refractivity contribution in [2.45, 2.75) is 32.4 Å². The molecule has 0 fully saturated rings. The van der Waals surface area contributed by atoms with Crippen LogP contribution in [0.4, 0.5) is 4.39 Å². The second-order valence-corrected chi connectivity index (χ2v) is 3.77. The molecule has 1 nitrogen and oxygen atoms in total. The summed E-state index contributed by atoms with van der Waals surface area (Å²) in [7, 11) is 0. The number of allylic oxidation sites excluding steroid dienone is 1. The highest BCUT2D eigenvalue weighted by Crippen LogP contribution is 2.04. The number of nitrogens with one attached hydrogen (secondary N) is 1. The molecule has 2 heteroatoms. The average Bonchev–Trinajstić information content (AvgIpc) is 2.25. The van der Waals surface area contributed by atoms with Crippen molar-refractivity contribution in [1.29, 1.82) is 0 Å². The lowest BCUT2D eigenvalue weighted by Gasteiger charge is -2.12. The van der Waals surface area contributed by atoms with Gasteiger partial charge >= 0.3 is 0 Å². The number of halogens is 1. The molecule has 0 unspecified atom stereocenters. The van der Waals surface area contributed by atoms with Crippen LogP contribution in [0.15, 0.2) is 36.9 Å². The second-order valence-electron chi connectivity index (χ2n) is 3.77. The lowest BCUT2D eigenvalue weighted by Crippen LogP contribution is -2.25. The Bertz CT molecular complexity index is 292. The third-order valence-electron chi connectivity index (χ3n) is 2.37. The van der Waals surface area contributed by atoms with E-state index in [2.05, 4.69) is 18.8 Å². The van der Waals surface area contributed by atoms with Gasteiger partial charge in [0.1, 0.15) is 5.82 Å². The minimum absolute atomic E-state index is 0.182. The quantitative estimate of drug-likeness (QED) is 0.706. The van der Waals surface area contributed by atoms with E-state index in [0.29, 0.717) is 6.04 Å². The van der Waals surface area contributed by atoms with Crippen LogP contribution in [0.25, 0.3) is 0 Å². The minimum atomic E-state index is -0.182. The molecule has 1 rings (SSSR count). The molecule has 0 aliphatic carbocycles. The Morgan fingerprint density at radius 2 is 2.07 bits per heavy atom. The summed E-state index contributed by atoms with van der Waals surface area (Å²) in [5.41, 5.74) is 1.11. The molecule has 15 heavy (non-hydrogen) atoms. The highest BCUT2D eigenvalue weighted by atomic mass is 19.1. The summed E-state index contributed by atoms with van der Waals surface area (Å²) >= 11 is 0. The van der Waals surface area contributed by atoms with E-state index in [9.17, 15) is 4.39 Å². The summed E-state index contributed by atoms with van der Waals surface area (Å²) in [5.74, 6) is -0.182. The monoisotopic (exact) mass is 207 g/mol. The molecular formula is C13H18FN. The summed E-state index contributed by atoms with van der Waals surface area (Å²) in [4.78, 5) is 0. The van der Waals surface area contributed by atoms with E-state index in [0.717, 1.165) is 24.9 Å². The van der Waals surface area contributed by atoms with E-state index in [4.69, 9.17) is 0 Å². The van der Waals surface area contributed by atoms with Crippen LogP contribution in [0.2, 0.25) is 0 Å². The van der Waals surface area contributed by atoms with Gasteiger partial charge in [-0.25, -0.2) is 4.39 Å². The van der Waals surface area contributed by atoms with E-state index in [1.54, 1.807) is 0 Å². The standard InChI is InChI=1S/C13H18FN/c1-3-4-5-11(2)15-10-12-6-8-13(14)9-7-12/h3,6-9,11,15H,1,4-5,10H2,2H3/t11-/m1/s1. The van der Waals surface area contributed by atoms with E-state index in [1.165, 1.54) is 12.1 Å². The van der Waals surface area contributed by atoms with Crippen molar-refractivity contribution in [3.63, 3.8) is 0 Å². The summed E-state index contributed by atoms with van der Waals surface area (Å²) in [6.45, 7) is 6.63. The van der Waals surface area contributed by atoms with Crippen molar-refractivity contribution in [2.24, 2.45) is 0 Å². The first-order valence-electron chi connectivity index (χ1n) is 5.31. The van der Waals surface area contributed by atoms with Gasteiger partial charge in [0.25, 0.3) is 0 Å². The fraction of sp³-hybridized carbons (Fsp3) is 0.385. The van der Waals surface area contributed by atoms with Gasteiger partial charge in [-0.05, 0) is 37.5 Å². The van der Waals surface area contributed by atoms with Crippen LogP contribution >= 0.6 is 0 Å². The molecule has 0 bridgehead atoms. The first-order chi connectivity index (χ1) is 7.22. The average molecular weight is 207 g/mol. The van der Waals surface area contributed by atoms with Crippen LogP contribution < -0.4 is 5.32 Å². The van der Waals surface area contributed by atoms with Gasteiger partial charge in [0, 0.05) is 12.6 Å². The highest BCUT2D eigenvalue weighted by molar-refractivity contribution is 5.15. The molecular weight excluding hydrogens is 189 g/mol. The minimum Gasteiger partial charge on any atom is -0.310 e. The summed E-state index contributed by atoms with van der Waals surface area (Å²) in [6, 6.07) is 7.06. The lowest BCUT2D eigenvalue weighted by molar-refractivity contribution is 0.517. The van der Waals surface area contributed by atoms with Crippen LogP contribution in [0.3, 0.4) is 0 Å². The zero-order chi connectivity index (χ0) is 11.1. The Hall–Kier alpha value is -1.15. The van der Waals surface area contributed by atoms with E-state index < -0.39 is 0 Å². The smallest absolute Gasteiger partial charge is 0.123 e. The largest absolute Gasteiger partial charge is 0.310 e. The molecule has 0 spiro atoms. The topological polar surface area (TPSA) is 12.0 Å². The number of rotatable bonds is 6. The van der Waals surface area contributed by atoms with Crippen molar-refractivity contribution >= 4 is 0 Å². The van der Waals surface area contributed by atoms with Crippen molar-refractivity contribution in [3.05, 3.63) is 48.3 Å². The van der Waals surface area contributed by atoms with Gasteiger partial charge in [0.2, 0.25) is 0 Å². The number of hydrogen-bond acceptors (Lipinski definition) is 1. The summed E-state index contributed by atoms with van der Waals surface area (Å²) < 4.78 is 12.6. The number of benzene rings is 1. The summed E-state index contributed by atoms with van der Waals surface area (Å²) in [5, 5.41) is 3.38. The van der Waals surface area contributed by atoms with E-state index in [1.807, 2.05) is 18.2 Å². The zero-order valence-corrected chi connectivity index (χ0v) is 9.17. The first kappa shape index (κ1) is 11.9. The third kappa shape index (κ3) is 4.75. The van der Waals surface area contributed by atoms with Crippen LogP contribution in [0, 0.1) is 5.82 Å². The Morgan fingerprint density at radius 3 is 2.67 bits per heavy atom. The van der Waals surface area contributed by atoms with E-state index >= 15 is 0 Å². The molecule has 0 aliphatic heterocycles. The van der Waals surface area contributed by atoms with Gasteiger partial charge in [-0.3, -0.25) is 0 Å². The molecule has 1 N–H and O–H groups in total. The molecule has 0 heterocycles. The Morgan fingerprint density at radius 1 is 1.40 bits per heavy atom. The van der Waals surface area contributed by atoms with Crippen LogP contribution in [-0.4, -0.2) is 6.04 Å². The number of hydrogen-bond donors (Lipinski definition) is 1. The molecule has 0 amide bonds. The van der Waals surface area contributed by atoms with Gasteiger partial charge in [-0.15, -0.1) is 6.58 Å². The van der Waals surface area contributed by atoms with Crippen LogP contribution in [-0.2, 0) is 6.54 Å². The van der Waals surface area contributed by atoms with Crippen molar-refractivity contribution in [1.82, 2.24) is 5.32 Å². The molecule has 1 aromatic rings. The van der Waals surface area contributed by atoms with Gasteiger partial charge in [-0.2, -0.15) is 0 Å². The third-order valence-corrected chi connectivity index (χ3v) is 2.37. The zero-order valence-electron chi connectivity index (χ0n) is 9.17. The molecule has 82 valence electrons. The molecule has 0 saturated carbocycles. The Labute approximate surface area is 91.0 Å². The lowest BCUT2D eigenvalue weighted by atomic mass is 10.1. The van der Waals surface area contributed by atoms with Crippen molar-refractivity contribution < 1.29 is 4.39 Å². The van der Waals surface area contributed by atoms with Gasteiger partial charge in [0.05, 0.1) is 0 Å². The molecule has 0 aromatic heterocycles. The molecule has 1 atom stereocenters. The second kappa shape index (κ2) is 6.36. The van der Waals surface area contributed by atoms with E-state index in [-0.39, 0.29) is 5.82 Å². The molecule has 1 aromatic carbocycles. The maximum Gasteiger partial charge on any atom is 0.123 e. The van der Waals surface area contributed by atoms with Crippen molar-refractivity contribution in [3.8, 4) is 0 Å². The first-order valence-corrected chi connectivity index (χ1v) is 5.31. The Balaban J connectivity index is 2.30. The van der Waals surface area contributed by atoms with Gasteiger partial charge in [-0.1, -0.05) is 18.2 Å². The molecule has 0 radical (unpaired) electrons. The fourth-order valence-electron chi connectivity index (χ4n) is 1.36. The van der Waals surface area contributed by atoms with Crippen LogP contribution in [0.1, 0.15) is 25.3 Å². The van der Waals surface area contributed by atoms with Gasteiger partial charge < -0.3 is 5.32 Å². The molecule has 0 saturated heterocycles. The molecule has 0 aliphatic rings. The van der Waals surface area contributed by atoms with Gasteiger partial charge in [0.15, 0.2) is 0 Å². The fourth-order valence-corrected chi connectivity index (χ4v) is 1.36. The summed E-state index contributed by atoms with van der Waals surface area (Å²) in [6.07, 6.45) is 4.04. The van der Waals surface area contributed by atoms with Crippen LogP contribution in [0.5, 0.6) is 0 Å². The predicted molar refractivity (Wildman–Crippen MR) is 62.1 cm³/mol. The SMILES string of the molecule is C=CCC[C@@H](C)NCc1ccc(F)cc1.